The van der Waals surface area contributed by atoms with Gasteiger partial charge in [-0.15, -0.1) is 0 Å². The summed E-state index contributed by atoms with van der Waals surface area (Å²) in [7, 11) is 0. The van der Waals surface area contributed by atoms with Crippen molar-refractivity contribution in [1.29, 1.82) is 0 Å². The van der Waals surface area contributed by atoms with E-state index in [2.05, 4.69) is 0 Å². The quantitative estimate of drug-likeness (QED) is 0.513. The molecule has 100 valence electrons. The van der Waals surface area contributed by atoms with Crippen molar-refractivity contribution in [3.05, 3.63) is 47.1 Å². The molecular weight excluding hydrogens is 244 g/mol. The second-order valence-corrected chi connectivity index (χ2v) is 4.06. The zero-order valence-corrected chi connectivity index (χ0v) is 11.1. The third-order valence-electron chi connectivity index (χ3n) is 2.57. The molecule has 0 aliphatic carbocycles. The number of ether oxygens (including phenoxy) is 1. The van der Waals surface area contributed by atoms with Crippen molar-refractivity contribution in [1.82, 2.24) is 0 Å². The van der Waals surface area contributed by atoms with Crippen LogP contribution in [0.3, 0.4) is 0 Å². The van der Waals surface area contributed by atoms with Crippen molar-refractivity contribution in [3.8, 4) is 5.75 Å². The number of carbonyl (C=O) groups excluding carboxylic acids is 1. The molecule has 0 aliphatic heterocycles. The predicted octanol–water partition coefficient (Wildman–Crippen LogP) is 3.05. The maximum Gasteiger partial charge on any atom is 0.338 e. The SMILES string of the molecule is CC=C(C)C(=O)Oc1ccc(C=C(C)C(=O)O)cc1. The third-order valence-corrected chi connectivity index (χ3v) is 2.57. The van der Waals surface area contributed by atoms with Crippen molar-refractivity contribution in [2.45, 2.75) is 20.8 Å². The van der Waals surface area contributed by atoms with Gasteiger partial charge in [-0.25, -0.2) is 9.59 Å². The van der Waals surface area contributed by atoms with E-state index < -0.39 is 11.9 Å². The number of benzene rings is 1. The van der Waals surface area contributed by atoms with E-state index in [0.29, 0.717) is 11.3 Å². The third kappa shape index (κ3) is 4.43. The maximum absolute atomic E-state index is 11.5. The molecule has 1 aromatic rings. The predicted molar refractivity (Wildman–Crippen MR) is 72.8 cm³/mol. The number of aliphatic carboxylic acids is 1. The Bertz CT molecular complexity index is 536. The summed E-state index contributed by atoms with van der Waals surface area (Å²) in [6.07, 6.45) is 3.22. The van der Waals surface area contributed by atoms with E-state index >= 15 is 0 Å². The summed E-state index contributed by atoms with van der Waals surface area (Å²) in [4.78, 5) is 22.2. The van der Waals surface area contributed by atoms with Gasteiger partial charge in [-0.3, -0.25) is 0 Å². The van der Waals surface area contributed by atoms with Gasteiger partial charge in [0.15, 0.2) is 0 Å². The minimum Gasteiger partial charge on any atom is -0.478 e. The smallest absolute Gasteiger partial charge is 0.338 e. The minimum atomic E-state index is -0.959. The van der Waals surface area contributed by atoms with Crippen LogP contribution < -0.4 is 4.74 Å². The topological polar surface area (TPSA) is 63.6 Å². The molecule has 0 amide bonds. The zero-order chi connectivity index (χ0) is 14.4. The molecule has 1 N–H and O–H groups in total. The van der Waals surface area contributed by atoms with Gasteiger partial charge in [-0.05, 0) is 44.5 Å². The number of allylic oxidation sites excluding steroid dienone is 1. The fourth-order valence-corrected chi connectivity index (χ4v) is 1.25. The van der Waals surface area contributed by atoms with Crippen LogP contribution in [0.25, 0.3) is 6.08 Å². The molecule has 0 saturated carbocycles. The summed E-state index contributed by atoms with van der Waals surface area (Å²) < 4.78 is 5.13. The van der Waals surface area contributed by atoms with Gasteiger partial charge in [0.2, 0.25) is 0 Å². The summed E-state index contributed by atoms with van der Waals surface area (Å²) >= 11 is 0. The first-order chi connectivity index (χ1) is 8.93. The van der Waals surface area contributed by atoms with Gasteiger partial charge in [-0.2, -0.15) is 0 Å². The van der Waals surface area contributed by atoms with Crippen molar-refractivity contribution in [3.63, 3.8) is 0 Å². The molecule has 19 heavy (non-hydrogen) atoms. The fourth-order valence-electron chi connectivity index (χ4n) is 1.25. The van der Waals surface area contributed by atoms with Crippen molar-refractivity contribution >= 4 is 18.0 Å². The summed E-state index contributed by atoms with van der Waals surface area (Å²) in [6, 6.07) is 6.64. The van der Waals surface area contributed by atoms with E-state index in [-0.39, 0.29) is 5.57 Å². The molecule has 1 aromatic carbocycles. The average Bonchev–Trinajstić information content (AvgIpc) is 2.39. The highest BCUT2D eigenvalue weighted by molar-refractivity contribution is 5.91. The van der Waals surface area contributed by atoms with Crippen LogP contribution in [0.15, 0.2) is 41.5 Å². The van der Waals surface area contributed by atoms with Gasteiger partial charge in [0.05, 0.1) is 0 Å². The van der Waals surface area contributed by atoms with Gasteiger partial charge in [-0.1, -0.05) is 18.2 Å². The second-order valence-electron chi connectivity index (χ2n) is 4.06. The Morgan fingerprint density at radius 2 is 1.68 bits per heavy atom. The molecule has 0 bridgehead atoms. The first kappa shape index (κ1) is 14.7. The van der Waals surface area contributed by atoms with Gasteiger partial charge in [0.25, 0.3) is 0 Å². The Labute approximate surface area is 112 Å². The largest absolute Gasteiger partial charge is 0.478 e. The number of hydrogen-bond acceptors (Lipinski definition) is 3. The molecule has 0 aromatic heterocycles. The lowest BCUT2D eigenvalue weighted by atomic mass is 10.1. The van der Waals surface area contributed by atoms with E-state index in [4.69, 9.17) is 9.84 Å². The normalized spacial score (nSPS) is 12.2. The molecule has 0 saturated heterocycles. The second kappa shape index (κ2) is 6.54. The molecule has 0 heterocycles. The molecule has 0 fully saturated rings. The number of hydrogen-bond donors (Lipinski definition) is 1. The molecular formula is C15H16O4. The van der Waals surface area contributed by atoms with E-state index in [9.17, 15) is 9.59 Å². The van der Waals surface area contributed by atoms with Crippen LogP contribution in [0.5, 0.6) is 5.75 Å². The van der Waals surface area contributed by atoms with Crippen LogP contribution in [0.1, 0.15) is 26.3 Å². The molecule has 0 aliphatic rings. The van der Waals surface area contributed by atoms with E-state index in [1.54, 1.807) is 50.3 Å². The molecule has 0 spiro atoms. The number of carbonyl (C=O) groups is 2. The number of rotatable bonds is 4. The van der Waals surface area contributed by atoms with Crippen LogP contribution in [-0.4, -0.2) is 17.0 Å². The van der Waals surface area contributed by atoms with Crippen molar-refractivity contribution < 1.29 is 19.4 Å². The fraction of sp³-hybridized carbons (Fsp3) is 0.200. The molecule has 0 radical (unpaired) electrons. The van der Waals surface area contributed by atoms with Gasteiger partial charge >= 0.3 is 11.9 Å². The van der Waals surface area contributed by atoms with Crippen LogP contribution in [-0.2, 0) is 9.59 Å². The number of esters is 1. The van der Waals surface area contributed by atoms with Crippen LogP contribution in [0, 0.1) is 0 Å². The number of carboxylic acid groups (broad SMARTS) is 1. The maximum atomic E-state index is 11.5. The molecule has 0 atom stereocenters. The van der Waals surface area contributed by atoms with Crippen LogP contribution in [0.2, 0.25) is 0 Å². The minimum absolute atomic E-state index is 0.245. The van der Waals surface area contributed by atoms with Crippen LogP contribution >= 0.6 is 0 Å². The average molecular weight is 260 g/mol. The highest BCUT2D eigenvalue weighted by atomic mass is 16.5. The number of carboxylic acids is 1. The van der Waals surface area contributed by atoms with Crippen LogP contribution in [0.4, 0.5) is 0 Å². The lowest BCUT2D eigenvalue weighted by molar-refractivity contribution is -0.132. The molecule has 1 rings (SSSR count). The first-order valence-electron chi connectivity index (χ1n) is 5.80. The van der Waals surface area contributed by atoms with Crippen molar-refractivity contribution in [2.75, 3.05) is 0 Å². The van der Waals surface area contributed by atoms with Gasteiger partial charge in [0, 0.05) is 11.1 Å². The summed E-state index contributed by atoms with van der Waals surface area (Å²) in [5.41, 5.74) is 1.52. The Balaban J connectivity index is 2.80. The highest BCUT2D eigenvalue weighted by Crippen LogP contribution is 2.15. The molecule has 4 heteroatoms. The standard InChI is InChI=1S/C15H16O4/c1-4-10(2)15(18)19-13-7-5-12(6-8-13)9-11(3)14(16)17/h4-9H,1-3H3,(H,16,17). The van der Waals surface area contributed by atoms with E-state index in [1.165, 1.54) is 6.92 Å². The van der Waals surface area contributed by atoms with E-state index in [1.807, 2.05) is 0 Å². The summed E-state index contributed by atoms with van der Waals surface area (Å²) in [5, 5.41) is 8.76. The highest BCUT2D eigenvalue weighted by Gasteiger charge is 2.06. The zero-order valence-electron chi connectivity index (χ0n) is 11.1. The lowest BCUT2D eigenvalue weighted by Crippen LogP contribution is -2.08. The Hall–Kier alpha value is -2.36. The monoisotopic (exact) mass is 260 g/mol. The van der Waals surface area contributed by atoms with Gasteiger partial charge < -0.3 is 9.84 Å². The van der Waals surface area contributed by atoms with Gasteiger partial charge in [0.1, 0.15) is 5.75 Å². The molecule has 0 unspecified atom stereocenters. The Morgan fingerprint density at radius 3 is 2.16 bits per heavy atom. The Morgan fingerprint density at radius 1 is 1.11 bits per heavy atom. The molecule has 4 nitrogen and oxygen atoms in total. The lowest BCUT2D eigenvalue weighted by Gasteiger charge is -2.04. The van der Waals surface area contributed by atoms with Crippen molar-refractivity contribution in [2.24, 2.45) is 0 Å². The first-order valence-corrected chi connectivity index (χ1v) is 5.80. The van der Waals surface area contributed by atoms with E-state index in [0.717, 1.165) is 5.56 Å². The summed E-state index contributed by atoms with van der Waals surface area (Å²) in [5.74, 6) is -0.928. The summed E-state index contributed by atoms with van der Waals surface area (Å²) in [6.45, 7) is 4.96. The Kier molecular flexibility index (Phi) is 5.06.